The monoisotopic (exact) mass is 438 g/mol. The van der Waals surface area contributed by atoms with Crippen molar-refractivity contribution in [2.24, 2.45) is 5.10 Å². The molecule has 0 aliphatic rings. The molecule has 2 aromatic rings. The Morgan fingerprint density at radius 3 is 2.65 bits per heavy atom. The van der Waals surface area contributed by atoms with Gasteiger partial charge in [0.15, 0.2) is 0 Å². The Balaban J connectivity index is 2.13. The first kappa shape index (κ1) is 17.7. The fraction of sp³-hybridized carbons (Fsp3) is 0.176. The van der Waals surface area contributed by atoms with Crippen molar-refractivity contribution in [2.75, 3.05) is 0 Å². The Labute approximate surface area is 152 Å². The van der Waals surface area contributed by atoms with Crippen LogP contribution in [0.15, 0.2) is 56.5 Å². The van der Waals surface area contributed by atoms with E-state index in [1.165, 1.54) is 0 Å². The van der Waals surface area contributed by atoms with Crippen LogP contribution in [0.25, 0.3) is 0 Å². The average molecular weight is 440 g/mol. The highest BCUT2D eigenvalue weighted by Crippen LogP contribution is 2.23. The molecule has 2 aromatic carbocycles. The van der Waals surface area contributed by atoms with Gasteiger partial charge in [-0.1, -0.05) is 28.1 Å². The smallest absolute Gasteiger partial charge is 0.272 e. The van der Waals surface area contributed by atoms with Gasteiger partial charge in [-0.05, 0) is 60.1 Å². The van der Waals surface area contributed by atoms with E-state index in [1.54, 1.807) is 18.3 Å². The van der Waals surface area contributed by atoms with Crippen molar-refractivity contribution in [1.82, 2.24) is 5.43 Å². The van der Waals surface area contributed by atoms with E-state index in [4.69, 9.17) is 4.74 Å². The van der Waals surface area contributed by atoms with Gasteiger partial charge in [0.05, 0.1) is 17.9 Å². The summed E-state index contributed by atoms with van der Waals surface area (Å²) < 4.78 is 7.36. The Morgan fingerprint density at radius 2 is 1.96 bits per heavy atom. The number of nitrogens with one attached hydrogen (secondary N) is 1. The summed E-state index contributed by atoms with van der Waals surface area (Å²) in [6.07, 6.45) is 1.62. The maximum atomic E-state index is 12.1. The number of rotatable bonds is 5. The number of halogens is 2. The molecular formula is C17H16Br2N2O2. The van der Waals surface area contributed by atoms with Gasteiger partial charge >= 0.3 is 0 Å². The molecule has 0 atom stereocenters. The zero-order valence-electron chi connectivity index (χ0n) is 12.7. The molecule has 1 N–H and O–H groups in total. The molecule has 2 rings (SSSR count). The third-order valence-electron chi connectivity index (χ3n) is 2.82. The van der Waals surface area contributed by atoms with E-state index in [1.807, 2.05) is 44.2 Å². The Hall–Kier alpha value is -1.66. The zero-order valence-corrected chi connectivity index (χ0v) is 15.9. The van der Waals surface area contributed by atoms with E-state index in [0.717, 1.165) is 14.5 Å². The van der Waals surface area contributed by atoms with Crippen LogP contribution < -0.4 is 10.2 Å². The van der Waals surface area contributed by atoms with Crippen molar-refractivity contribution in [1.29, 1.82) is 0 Å². The van der Waals surface area contributed by atoms with E-state index in [2.05, 4.69) is 42.4 Å². The van der Waals surface area contributed by atoms with E-state index >= 15 is 0 Å². The number of benzene rings is 2. The normalized spacial score (nSPS) is 11.0. The highest BCUT2D eigenvalue weighted by atomic mass is 79.9. The molecule has 6 heteroatoms. The fourth-order valence-corrected chi connectivity index (χ4v) is 2.69. The molecule has 0 saturated heterocycles. The molecule has 1 amide bonds. The van der Waals surface area contributed by atoms with Crippen LogP contribution in [0.3, 0.4) is 0 Å². The molecule has 0 aromatic heterocycles. The number of hydrazone groups is 1. The van der Waals surface area contributed by atoms with Crippen molar-refractivity contribution in [3.05, 3.63) is 62.5 Å². The van der Waals surface area contributed by atoms with Crippen LogP contribution in [0.1, 0.15) is 29.8 Å². The van der Waals surface area contributed by atoms with Gasteiger partial charge < -0.3 is 4.74 Å². The third kappa shape index (κ3) is 5.18. The summed E-state index contributed by atoms with van der Waals surface area (Å²) in [4.78, 5) is 12.1. The quantitative estimate of drug-likeness (QED) is 0.539. The Morgan fingerprint density at radius 1 is 1.22 bits per heavy atom. The fourth-order valence-electron chi connectivity index (χ4n) is 1.85. The standard InChI is InChI=1S/C17H16Br2N2O2/c1-11(2)23-16-8-7-13(18)9-12(16)10-20-21-17(22)14-5-3-4-6-15(14)19/h3-11H,1-2H3,(H,21,22)/b20-10-. The number of amides is 1. The summed E-state index contributed by atoms with van der Waals surface area (Å²) in [6, 6.07) is 12.8. The lowest BCUT2D eigenvalue weighted by atomic mass is 10.2. The molecule has 0 heterocycles. The van der Waals surface area contributed by atoms with E-state index in [-0.39, 0.29) is 12.0 Å². The van der Waals surface area contributed by atoms with Gasteiger partial charge in [-0.2, -0.15) is 5.10 Å². The van der Waals surface area contributed by atoms with Gasteiger partial charge in [-0.3, -0.25) is 4.79 Å². The molecule has 0 spiro atoms. The lowest BCUT2D eigenvalue weighted by Crippen LogP contribution is -2.18. The second kappa shape index (κ2) is 8.26. The summed E-state index contributed by atoms with van der Waals surface area (Å²) in [5.74, 6) is 0.428. The van der Waals surface area contributed by atoms with Gasteiger partial charge in [0.2, 0.25) is 0 Å². The topological polar surface area (TPSA) is 50.7 Å². The van der Waals surface area contributed by atoms with Crippen LogP contribution in [-0.4, -0.2) is 18.2 Å². The summed E-state index contributed by atoms with van der Waals surface area (Å²) in [6.45, 7) is 3.91. The molecule has 0 bridgehead atoms. The number of carbonyl (C=O) groups excluding carboxylic acids is 1. The molecule has 0 fully saturated rings. The summed E-state index contributed by atoms with van der Waals surface area (Å²) in [7, 11) is 0. The highest BCUT2D eigenvalue weighted by Gasteiger charge is 2.08. The van der Waals surface area contributed by atoms with E-state index in [0.29, 0.717) is 11.3 Å². The van der Waals surface area contributed by atoms with Crippen molar-refractivity contribution in [3.63, 3.8) is 0 Å². The second-order valence-corrected chi connectivity index (χ2v) is 6.80. The van der Waals surface area contributed by atoms with Crippen molar-refractivity contribution in [2.45, 2.75) is 20.0 Å². The van der Waals surface area contributed by atoms with Crippen LogP contribution >= 0.6 is 31.9 Å². The maximum absolute atomic E-state index is 12.1. The maximum Gasteiger partial charge on any atom is 0.272 e. The average Bonchev–Trinajstić information content (AvgIpc) is 2.50. The zero-order chi connectivity index (χ0) is 16.8. The molecular weight excluding hydrogens is 424 g/mol. The number of ether oxygens (including phenoxy) is 1. The summed E-state index contributed by atoms with van der Waals surface area (Å²) in [5, 5.41) is 4.02. The van der Waals surface area contributed by atoms with Gasteiger partial charge in [0.1, 0.15) is 5.75 Å². The molecule has 0 aliphatic heterocycles. The predicted molar refractivity (Wildman–Crippen MR) is 99.1 cm³/mol. The van der Waals surface area contributed by atoms with Crippen LogP contribution in [0.5, 0.6) is 5.75 Å². The molecule has 120 valence electrons. The molecule has 0 unspecified atom stereocenters. The number of hydrogen-bond acceptors (Lipinski definition) is 3. The minimum Gasteiger partial charge on any atom is -0.490 e. The largest absolute Gasteiger partial charge is 0.490 e. The second-order valence-electron chi connectivity index (χ2n) is 5.03. The van der Waals surface area contributed by atoms with E-state index < -0.39 is 0 Å². The number of nitrogens with zero attached hydrogens (tertiary/aromatic N) is 1. The van der Waals surface area contributed by atoms with Crippen molar-refractivity contribution < 1.29 is 9.53 Å². The number of hydrogen-bond donors (Lipinski definition) is 1. The minimum absolute atomic E-state index is 0.0539. The van der Waals surface area contributed by atoms with Gasteiger partial charge in [0, 0.05) is 14.5 Å². The first-order valence-corrected chi connectivity index (χ1v) is 8.60. The predicted octanol–water partition coefficient (Wildman–Crippen LogP) is 4.76. The van der Waals surface area contributed by atoms with Crippen molar-refractivity contribution in [3.8, 4) is 5.75 Å². The van der Waals surface area contributed by atoms with Crippen LogP contribution in [0, 0.1) is 0 Å². The Bertz CT molecular complexity index is 730. The van der Waals surface area contributed by atoms with Gasteiger partial charge in [-0.25, -0.2) is 5.43 Å². The first-order valence-electron chi connectivity index (χ1n) is 7.01. The molecule has 4 nitrogen and oxygen atoms in total. The summed E-state index contributed by atoms with van der Waals surface area (Å²) >= 11 is 6.76. The van der Waals surface area contributed by atoms with Crippen LogP contribution in [0.2, 0.25) is 0 Å². The van der Waals surface area contributed by atoms with Crippen molar-refractivity contribution >= 4 is 44.0 Å². The Kier molecular flexibility index (Phi) is 6.36. The van der Waals surface area contributed by atoms with E-state index in [9.17, 15) is 4.79 Å². The first-order chi connectivity index (χ1) is 11.0. The molecule has 0 radical (unpaired) electrons. The molecule has 0 saturated carbocycles. The molecule has 0 aliphatic carbocycles. The van der Waals surface area contributed by atoms with Gasteiger partial charge in [0.25, 0.3) is 5.91 Å². The number of carbonyl (C=O) groups is 1. The summed E-state index contributed by atoms with van der Waals surface area (Å²) in [5.41, 5.74) is 3.82. The minimum atomic E-state index is -0.282. The lowest BCUT2D eigenvalue weighted by Gasteiger charge is -2.12. The lowest BCUT2D eigenvalue weighted by molar-refractivity contribution is 0.0954. The SMILES string of the molecule is CC(C)Oc1ccc(Br)cc1/C=N\NC(=O)c1ccccc1Br. The van der Waals surface area contributed by atoms with Crippen LogP contribution in [-0.2, 0) is 0 Å². The third-order valence-corrected chi connectivity index (χ3v) is 4.01. The van der Waals surface area contributed by atoms with Gasteiger partial charge in [-0.15, -0.1) is 0 Å². The highest BCUT2D eigenvalue weighted by molar-refractivity contribution is 9.10. The molecule has 23 heavy (non-hydrogen) atoms. The van der Waals surface area contributed by atoms with Crippen LogP contribution in [0.4, 0.5) is 0 Å².